The molecule has 8 heteroatoms. The van der Waals surface area contributed by atoms with Crippen molar-refractivity contribution in [3.63, 3.8) is 0 Å². The van der Waals surface area contributed by atoms with Crippen LogP contribution in [0.2, 0.25) is 0 Å². The molecule has 2 aromatic rings. The molecule has 1 heterocycles. The summed E-state index contributed by atoms with van der Waals surface area (Å²) >= 11 is 7.86. The Balaban J connectivity index is 1.87. The highest BCUT2D eigenvalue weighted by molar-refractivity contribution is 7.99. The predicted octanol–water partition coefficient (Wildman–Crippen LogP) is 3.22. The fourth-order valence-corrected chi connectivity index (χ4v) is 5.35. The van der Waals surface area contributed by atoms with E-state index < -0.39 is 15.9 Å². The molecule has 1 saturated heterocycles. The smallest absolute Gasteiger partial charge is 0.267 e. The maximum atomic E-state index is 12.8. The zero-order valence-corrected chi connectivity index (χ0v) is 15.7. The molecule has 0 radical (unpaired) electrons. The third-order valence-electron chi connectivity index (χ3n) is 3.85. The molecule has 0 unspecified atom stereocenters. The number of nitrogens with zero attached hydrogens (tertiary/aromatic N) is 2. The molecule has 0 aromatic heterocycles. The molecule has 0 N–H and O–H groups in total. The Bertz CT molecular complexity index is 853. The van der Waals surface area contributed by atoms with E-state index in [0.717, 1.165) is 15.9 Å². The fraction of sp³-hybridized carbons (Fsp3) is 0.235. The molecule has 0 saturated carbocycles. The van der Waals surface area contributed by atoms with Gasteiger partial charge in [-0.15, -0.1) is 0 Å². The average Bonchev–Trinajstić information content (AvgIpc) is 2.68. The van der Waals surface area contributed by atoms with Crippen LogP contribution in [-0.4, -0.2) is 43.2 Å². The van der Waals surface area contributed by atoms with Crippen molar-refractivity contribution in [2.75, 3.05) is 29.0 Å². The number of carbonyl (C=O) groups excluding carboxylic acids is 1. The first-order valence-electron chi connectivity index (χ1n) is 7.73. The molecule has 3 rings (SSSR count). The lowest BCUT2D eigenvalue weighted by Crippen LogP contribution is -2.37. The van der Waals surface area contributed by atoms with E-state index in [2.05, 4.69) is 0 Å². The third kappa shape index (κ3) is 4.00. The van der Waals surface area contributed by atoms with Gasteiger partial charge in [0.15, 0.2) is 0 Å². The van der Waals surface area contributed by atoms with Crippen molar-refractivity contribution in [1.29, 1.82) is 0 Å². The number of halogens is 1. The second kappa shape index (κ2) is 7.78. The van der Waals surface area contributed by atoms with Crippen LogP contribution in [0, 0.1) is 0 Å². The Morgan fingerprint density at radius 2 is 1.72 bits per heavy atom. The van der Waals surface area contributed by atoms with Gasteiger partial charge in [-0.2, -0.15) is 16.1 Å². The summed E-state index contributed by atoms with van der Waals surface area (Å²) in [4.78, 5) is 12.7. The van der Waals surface area contributed by atoms with Gasteiger partial charge in [0.05, 0.1) is 10.6 Å². The number of para-hydroxylation sites is 1. The number of hydrogen-bond donors (Lipinski definition) is 0. The Labute approximate surface area is 156 Å². The number of sulfonamides is 1. The van der Waals surface area contributed by atoms with Crippen LogP contribution in [0.15, 0.2) is 59.5 Å². The van der Waals surface area contributed by atoms with E-state index in [1.807, 2.05) is 6.07 Å². The van der Waals surface area contributed by atoms with Crippen LogP contribution >= 0.6 is 23.5 Å². The minimum atomic E-state index is -3.60. The maximum Gasteiger partial charge on any atom is 0.272 e. The lowest BCUT2D eigenvalue weighted by atomic mass is 10.2. The van der Waals surface area contributed by atoms with Crippen LogP contribution in [0.1, 0.15) is 10.4 Å². The number of benzene rings is 2. The largest absolute Gasteiger partial charge is 0.272 e. The highest BCUT2D eigenvalue weighted by Crippen LogP contribution is 2.23. The van der Waals surface area contributed by atoms with Gasteiger partial charge in [-0.25, -0.2) is 12.8 Å². The molecule has 0 atom stereocenters. The quantitative estimate of drug-likeness (QED) is 0.744. The van der Waals surface area contributed by atoms with Gasteiger partial charge in [-0.05, 0) is 30.3 Å². The van der Waals surface area contributed by atoms with Gasteiger partial charge in [0, 0.05) is 41.9 Å². The van der Waals surface area contributed by atoms with E-state index in [0.29, 0.717) is 18.8 Å². The van der Waals surface area contributed by atoms with Crippen molar-refractivity contribution in [2.24, 2.45) is 0 Å². The van der Waals surface area contributed by atoms with Crippen LogP contribution in [0.5, 0.6) is 0 Å². The summed E-state index contributed by atoms with van der Waals surface area (Å²) in [7, 11) is -3.60. The Morgan fingerprint density at radius 3 is 2.40 bits per heavy atom. The summed E-state index contributed by atoms with van der Waals surface area (Å²) in [6.07, 6.45) is 0. The monoisotopic (exact) mass is 396 g/mol. The Kier molecular flexibility index (Phi) is 5.68. The lowest BCUT2D eigenvalue weighted by molar-refractivity contribution is 0.101. The SMILES string of the molecule is O=C(c1cccc(S(=O)(=O)N2CCSCC2)c1)N(Cl)c1ccccc1. The Morgan fingerprint density at radius 1 is 1.04 bits per heavy atom. The molecular weight excluding hydrogens is 380 g/mol. The zero-order chi connectivity index (χ0) is 17.9. The second-order valence-electron chi connectivity index (χ2n) is 5.47. The number of carbonyl (C=O) groups is 1. The number of anilines is 1. The van der Waals surface area contributed by atoms with Crippen molar-refractivity contribution in [3.05, 3.63) is 60.2 Å². The van der Waals surface area contributed by atoms with E-state index in [-0.39, 0.29) is 10.5 Å². The van der Waals surface area contributed by atoms with E-state index >= 15 is 0 Å². The molecule has 132 valence electrons. The van der Waals surface area contributed by atoms with E-state index in [1.165, 1.54) is 16.4 Å². The van der Waals surface area contributed by atoms with Crippen molar-refractivity contribution in [1.82, 2.24) is 4.31 Å². The van der Waals surface area contributed by atoms with E-state index in [1.54, 1.807) is 48.2 Å². The molecule has 1 fully saturated rings. The minimum Gasteiger partial charge on any atom is -0.267 e. The molecule has 25 heavy (non-hydrogen) atoms. The molecule has 0 bridgehead atoms. The number of thioether (sulfide) groups is 1. The Hall–Kier alpha value is -1.54. The summed E-state index contributed by atoms with van der Waals surface area (Å²) in [6, 6.07) is 14.8. The van der Waals surface area contributed by atoms with Gasteiger partial charge in [0.25, 0.3) is 5.91 Å². The summed E-state index contributed by atoms with van der Waals surface area (Å²) in [5.74, 6) is 1.09. The summed E-state index contributed by atoms with van der Waals surface area (Å²) in [5, 5.41) is 0. The first-order valence-corrected chi connectivity index (χ1v) is 10.7. The molecular formula is C17H17ClN2O3S2. The first-order chi connectivity index (χ1) is 12.0. The number of hydrogen-bond acceptors (Lipinski definition) is 4. The molecule has 0 spiro atoms. The molecule has 1 aliphatic heterocycles. The van der Waals surface area contributed by atoms with Crippen LogP contribution in [-0.2, 0) is 10.0 Å². The molecule has 0 aliphatic carbocycles. The third-order valence-corrected chi connectivity index (χ3v) is 7.04. The first kappa shape index (κ1) is 18.3. The van der Waals surface area contributed by atoms with Crippen LogP contribution in [0.3, 0.4) is 0 Å². The normalized spacial score (nSPS) is 15.7. The fourth-order valence-electron chi connectivity index (χ4n) is 2.52. The summed E-state index contributed by atoms with van der Waals surface area (Å²) in [5.41, 5.74) is 0.752. The highest BCUT2D eigenvalue weighted by atomic mass is 35.5. The topological polar surface area (TPSA) is 57.7 Å². The van der Waals surface area contributed by atoms with Crippen molar-refractivity contribution in [3.8, 4) is 0 Å². The minimum absolute atomic E-state index is 0.114. The van der Waals surface area contributed by atoms with Crippen molar-refractivity contribution < 1.29 is 13.2 Å². The van der Waals surface area contributed by atoms with Crippen LogP contribution in [0.4, 0.5) is 5.69 Å². The second-order valence-corrected chi connectivity index (χ2v) is 8.97. The number of rotatable bonds is 4. The summed E-state index contributed by atoms with van der Waals surface area (Å²) in [6.45, 7) is 0.966. The maximum absolute atomic E-state index is 12.8. The molecule has 1 aliphatic rings. The summed E-state index contributed by atoms with van der Waals surface area (Å²) < 4.78 is 28.0. The van der Waals surface area contributed by atoms with Gasteiger partial charge in [0.2, 0.25) is 10.0 Å². The average molecular weight is 397 g/mol. The molecule has 1 amide bonds. The molecule has 5 nitrogen and oxygen atoms in total. The predicted molar refractivity (Wildman–Crippen MR) is 102 cm³/mol. The number of amides is 1. The van der Waals surface area contributed by atoms with Crippen molar-refractivity contribution in [2.45, 2.75) is 4.90 Å². The molecule has 2 aromatic carbocycles. The van der Waals surface area contributed by atoms with Crippen LogP contribution in [0.25, 0.3) is 0 Å². The van der Waals surface area contributed by atoms with Gasteiger partial charge in [-0.3, -0.25) is 4.79 Å². The van der Waals surface area contributed by atoms with Crippen molar-refractivity contribution >= 4 is 45.2 Å². The zero-order valence-electron chi connectivity index (χ0n) is 13.3. The lowest BCUT2D eigenvalue weighted by Gasteiger charge is -2.25. The van der Waals surface area contributed by atoms with Gasteiger partial charge in [0.1, 0.15) is 0 Å². The van der Waals surface area contributed by atoms with Gasteiger partial charge in [-0.1, -0.05) is 24.3 Å². The standard InChI is InChI=1S/C17H17ClN2O3S2/c18-20(15-6-2-1-3-7-15)17(21)14-5-4-8-16(13-14)25(22,23)19-9-11-24-12-10-19/h1-8,13H,9-12H2. The van der Waals surface area contributed by atoms with E-state index in [9.17, 15) is 13.2 Å². The van der Waals surface area contributed by atoms with Crippen LogP contribution < -0.4 is 4.42 Å². The van der Waals surface area contributed by atoms with Gasteiger partial charge >= 0.3 is 0 Å². The van der Waals surface area contributed by atoms with Gasteiger partial charge < -0.3 is 0 Å². The highest BCUT2D eigenvalue weighted by Gasteiger charge is 2.27. The van der Waals surface area contributed by atoms with E-state index in [4.69, 9.17) is 11.8 Å².